The van der Waals surface area contributed by atoms with Gasteiger partial charge in [0.1, 0.15) is 12.3 Å². The minimum Gasteiger partial charge on any atom is -0.506 e. The largest absolute Gasteiger partial charge is 0.506 e. The van der Waals surface area contributed by atoms with Crippen molar-refractivity contribution in [1.29, 1.82) is 0 Å². The molecular formula is C29H25BrN2O4S2. The average Bonchev–Trinajstić information content (AvgIpc) is 3.55. The van der Waals surface area contributed by atoms with Gasteiger partial charge in [0, 0.05) is 33.1 Å². The van der Waals surface area contributed by atoms with Crippen LogP contribution < -0.4 is 5.73 Å². The highest BCUT2D eigenvalue weighted by Crippen LogP contribution is 2.39. The first kappa shape index (κ1) is 27.6. The van der Waals surface area contributed by atoms with Crippen molar-refractivity contribution in [2.75, 3.05) is 6.54 Å². The van der Waals surface area contributed by atoms with E-state index in [9.17, 15) is 19.5 Å². The Bertz CT molecular complexity index is 1520. The van der Waals surface area contributed by atoms with E-state index in [1.165, 1.54) is 22.7 Å². The zero-order valence-corrected chi connectivity index (χ0v) is 24.0. The van der Waals surface area contributed by atoms with Crippen LogP contribution in [0.1, 0.15) is 67.0 Å². The van der Waals surface area contributed by atoms with E-state index in [0.717, 1.165) is 20.5 Å². The topological polar surface area (TPSA) is 110 Å². The van der Waals surface area contributed by atoms with E-state index < -0.39 is 5.91 Å². The molecule has 4 rings (SSSR count). The Hall–Kier alpha value is -3.40. The SMILES string of the molecule is CC(=NCC(=O)c1ccc(C(=O)CC(C)c2ccc(C(N)=O)cc2)s1)c1csc(-c2ccc(Br)cc2)c1O. The van der Waals surface area contributed by atoms with Crippen molar-refractivity contribution in [3.05, 3.63) is 97.0 Å². The zero-order valence-electron chi connectivity index (χ0n) is 20.7. The van der Waals surface area contributed by atoms with Gasteiger partial charge in [-0.15, -0.1) is 22.7 Å². The lowest BCUT2D eigenvalue weighted by Gasteiger charge is -2.10. The molecule has 0 spiro atoms. The molecule has 9 heteroatoms. The molecule has 1 unspecified atom stereocenters. The number of thiophene rings is 2. The second-order valence-electron chi connectivity index (χ2n) is 8.84. The van der Waals surface area contributed by atoms with Crippen molar-refractivity contribution >= 4 is 61.8 Å². The zero-order chi connectivity index (χ0) is 27.4. The molecular weight excluding hydrogens is 584 g/mol. The van der Waals surface area contributed by atoms with Gasteiger partial charge < -0.3 is 10.8 Å². The molecule has 0 saturated carbocycles. The summed E-state index contributed by atoms with van der Waals surface area (Å²) in [5.74, 6) is -0.643. The van der Waals surface area contributed by atoms with Crippen LogP contribution in [0.2, 0.25) is 0 Å². The van der Waals surface area contributed by atoms with Crippen LogP contribution in [-0.2, 0) is 0 Å². The number of nitrogens with two attached hydrogens (primary N) is 1. The van der Waals surface area contributed by atoms with Gasteiger partial charge in [-0.3, -0.25) is 19.4 Å². The normalized spacial score (nSPS) is 12.3. The summed E-state index contributed by atoms with van der Waals surface area (Å²) in [4.78, 5) is 43.0. The second kappa shape index (κ2) is 12.0. The fourth-order valence-electron chi connectivity index (χ4n) is 3.88. The van der Waals surface area contributed by atoms with Gasteiger partial charge in [0.2, 0.25) is 5.91 Å². The molecule has 6 nitrogen and oxygen atoms in total. The first-order chi connectivity index (χ1) is 18.1. The molecule has 1 atom stereocenters. The van der Waals surface area contributed by atoms with E-state index in [0.29, 0.717) is 26.6 Å². The number of aliphatic imine (C=N–C) groups is 1. The predicted octanol–water partition coefficient (Wildman–Crippen LogP) is 7.11. The van der Waals surface area contributed by atoms with Crippen molar-refractivity contribution in [3.63, 3.8) is 0 Å². The van der Waals surface area contributed by atoms with Crippen LogP contribution in [0.4, 0.5) is 0 Å². The molecule has 2 heterocycles. The monoisotopic (exact) mass is 608 g/mol. The summed E-state index contributed by atoms with van der Waals surface area (Å²) >= 11 is 6.00. The number of hydrogen-bond donors (Lipinski definition) is 2. The molecule has 0 fully saturated rings. The van der Waals surface area contributed by atoms with E-state index in [-0.39, 0.29) is 36.2 Å². The maximum Gasteiger partial charge on any atom is 0.248 e. The summed E-state index contributed by atoms with van der Waals surface area (Å²) < 4.78 is 0.957. The Morgan fingerprint density at radius 2 is 1.61 bits per heavy atom. The van der Waals surface area contributed by atoms with Gasteiger partial charge in [-0.05, 0) is 60.4 Å². The Morgan fingerprint density at radius 3 is 2.24 bits per heavy atom. The Morgan fingerprint density at radius 1 is 0.974 bits per heavy atom. The summed E-state index contributed by atoms with van der Waals surface area (Å²) in [6, 6.07) is 17.9. The second-order valence-corrected chi connectivity index (χ2v) is 11.7. The Labute approximate surface area is 237 Å². The fraction of sp³-hybridized carbons (Fsp3) is 0.172. The summed E-state index contributed by atoms with van der Waals surface area (Å²) in [6.45, 7) is 3.63. The van der Waals surface area contributed by atoms with Crippen LogP contribution in [0, 0.1) is 0 Å². The lowest BCUT2D eigenvalue weighted by Crippen LogP contribution is -2.11. The van der Waals surface area contributed by atoms with Crippen LogP contribution >= 0.6 is 38.6 Å². The number of aromatic hydroxyl groups is 1. The van der Waals surface area contributed by atoms with Crippen molar-refractivity contribution < 1.29 is 19.5 Å². The molecule has 0 aliphatic heterocycles. The number of carbonyl (C=O) groups excluding carboxylic acids is 3. The fourth-order valence-corrected chi connectivity index (χ4v) is 6.04. The van der Waals surface area contributed by atoms with Crippen LogP contribution in [0.15, 0.2) is 75.5 Å². The highest BCUT2D eigenvalue weighted by Gasteiger charge is 2.18. The summed E-state index contributed by atoms with van der Waals surface area (Å²) in [5, 5.41) is 12.6. The Balaban J connectivity index is 1.38. The highest BCUT2D eigenvalue weighted by atomic mass is 79.9. The summed E-state index contributed by atoms with van der Waals surface area (Å²) in [6.07, 6.45) is 0.277. The maximum absolute atomic E-state index is 12.8. The molecule has 0 bridgehead atoms. The van der Waals surface area contributed by atoms with E-state index in [4.69, 9.17) is 5.73 Å². The van der Waals surface area contributed by atoms with Crippen LogP contribution in [0.5, 0.6) is 5.75 Å². The number of benzene rings is 2. The average molecular weight is 610 g/mol. The van der Waals surface area contributed by atoms with Gasteiger partial charge in [0.25, 0.3) is 0 Å². The number of carbonyl (C=O) groups is 3. The standard InChI is InChI=1S/C29H25BrN2O4S2/c1-16(18-3-5-20(6-4-18)29(31)36)13-23(33)25-11-12-26(38-25)24(34)14-32-17(2)22-15-37-28(27(22)35)19-7-9-21(30)10-8-19/h3-12,15-16,35H,13-14H2,1-2H3,(H2,31,36). The van der Waals surface area contributed by atoms with Gasteiger partial charge in [0.15, 0.2) is 11.6 Å². The van der Waals surface area contributed by atoms with Gasteiger partial charge >= 0.3 is 0 Å². The van der Waals surface area contributed by atoms with Gasteiger partial charge in [0.05, 0.1) is 14.6 Å². The number of halogens is 1. The van der Waals surface area contributed by atoms with Gasteiger partial charge in [-0.25, -0.2) is 0 Å². The predicted molar refractivity (Wildman–Crippen MR) is 157 cm³/mol. The van der Waals surface area contributed by atoms with Crippen LogP contribution in [0.25, 0.3) is 10.4 Å². The van der Waals surface area contributed by atoms with Gasteiger partial charge in [-0.2, -0.15) is 0 Å². The first-order valence-corrected chi connectivity index (χ1v) is 14.3. The van der Waals surface area contributed by atoms with E-state index >= 15 is 0 Å². The lowest BCUT2D eigenvalue weighted by molar-refractivity contribution is 0.0975. The number of nitrogens with zero attached hydrogens (tertiary/aromatic N) is 1. The number of Topliss-reactive ketones (excluding diaryl/α,β-unsaturated/α-hetero) is 2. The van der Waals surface area contributed by atoms with Crippen molar-refractivity contribution in [3.8, 4) is 16.2 Å². The van der Waals surface area contributed by atoms with E-state index in [1.54, 1.807) is 43.3 Å². The van der Waals surface area contributed by atoms with E-state index in [2.05, 4.69) is 20.9 Å². The first-order valence-electron chi connectivity index (χ1n) is 11.8. The number of amides is 1. The molecule has 1 amide bonds. The quantitative estimate of drug-likeness (QED) is 0.147. The number of rotatable bonds is 10. The maximum atomic E-state index is 12.8. The number of hydrogen-bond acceptors (Lipinski definition) is 7. The molecule has 0 saturated heterocycles. The smallest absolute Gasteiger partial charge is 0.248 e. The van der Waals surface area contributed by atoms with Crippen molar-refractivity contribution in [2.45, 2.75) is 26.2 Å². The number of primary amides is 1. The lowest BCUT2D eigenvalue weighted by atomic mass is 9.94. The van der Waals surface area contributed by atoms with Crippen molar-refractivity contribution in [1.82, 2.24) is 0 Å². The van der Waals surface area contributed by atoms with Crippen LogP contribution in [0.3, 0.4) is 0 Å². The summed E-state index contributed by atoms with van der Waals surface area (Å²) in [7, 11) is 0. The molecule has 194 valence electrons. The molecule has 4 aromatic rings. The molecule has 2 aromatic carbocycles. The minimum atomic E-state index is -0.492. The van der Waals surface area contributed by atoms with Crippen LogP contribution in [-0.4, -0.2) is 34.8 Å². The van der Waals surface area contributed by atoms with E-state index in [1.807, 2.05) is 36.6 Å². The third-order valence-electron chi connectivity index (χ3n) is 6.13. The van der Waals surface area contributed by atoms with Crippen molar-refractivity contribution in [2.24, 2.45) is 10.7 Å². The molecule has 0 radical (unpaired) electrons. The third kappa shape index (κ3) is 6.35. The Kier molecular flexibility index (Phi) is 8.71. The molecule has 2 aromatic heterocycles. The molecule has 0 aliphatic rings. The van der Waals surface area contributed by atoms with Gasteiger partial charge in [-0.1, -0.05) is 47.1 Å². The third-order valence-corrected chi connectivity index (χ3v) is 8.85. The molecule has 38 heavy (non-hydrogen) atoms. The molecule has 3 N–H and O–H groups in total. The molecule has 0 aliphatic carbocycles. The minimum absolute atomic E-state index is 0.0520. The summed E-state index contributed by atoms with van der Waals surface area (Å²) in [5.41, 5.74) is 8.71. The highest BCUT2D eigenvalue weighted by molar-refractivity contribution is 9.10. The number of ketones is 2.